The number of urea groups is 1. The highest BCUT2D eigenvalue weighted by Crippen LogP contribution is 2.44. The van der Waals surface area contributed by atoms with Crippen LogP contribution in [-0.2, 0) is 0 Å². The van der Waals surface area contributed by atoms with Crippen molar-refractivity contribution in [2.24, 2.45) is 5.41 Å². The minimum atomic E-state index is -0.212. The Morgan fingerprint density at radius 3 is 2.63 bits per heavy atom. The van der Waals surface area contributed by atoms with Crippen molar-refractivity contribution in [1.82, 2.24) is 10.6 Å². The fourth-order valence-corrected chi connectivity index (χ4v) is 1.75. The lowest BCUT2D eigenvalue weighted by Gasteiger charge is -2.13. The van der Waals surface area contributed by atoms with Crippen LogP contribution in [0.15, 0.2) is 30.3 Å². The minimum absolute atomic E-state index is 0.0577. The maximum Gasteiger partial charge on any atom is 0.314 e. The smallest absolute Gasteiger partial charge is 0.314 e. The molecule has 5 heteroatoms. The zero-order chi connectivity index (χ0) is 13.6. The third-order valence-electron chi connectivity index (χ3n) is 3.32. The van der Waals surface area contributed by atoms with Gasteiger partial charge < -0.3 is 20.5 Å². The lowest BCUT2D eigenvalue weighted by molar-refractivity contribution is 0.202. The summed E-state index contributed by atoms with van der Waals surface area (Å²) in [4.78, 5) is 11.5. The van der Waals surface area contributed by atoms with Gasteiger partial charge in [-0.25, -0.2) is 4.79 Å². The third-order valence-corrected chi connectivity index (χ3v) is 3.32. The number of ether oxygens (including phenoxy) is 1. The Labute approximate surface area is 113 Å². The lowest BCUT2D eigenvalue weighted by atomic mass is 10.1. The van der Waals surface area contributed by atoms with Crippen molar-refractivity contribution in [2.45, 2.75) is 12.8 Å². The monoisotopic (exact) mass is 264 g/mol. The maximum absolute atomic E-state index is 11.5. The number of rotatable bonds is 7. The van der Waals surface area contributed by atoms with E-state index in [0.29, 0.717) is 19.7 Å². The first-order valence-corrected chi connectivity index (χ1v) is 6.55. The number of carbonyl (C=O) groups is 1. The van der Waals surface area contributed by atoms with E-state index < -0.39 is 0 Å². The number of aliphatic hydroxyl groups excluding tert-OH is 1. The molecule has 2 amide bonds. The van der Waals surface area contributed by atoms with E-state index in [2.05, 4.69) is 10.6 Å². The standard InChI is InChI=1S/C14H20N2O3/c17-11-14(6-7-14)10-16-13(18)15-8-9-19-12-4-2-1-3-5-12/h1-5,17H,6-11H2,(H2,15,16,18). The summed E-state index contributed by atoms with van der Waals surface area (Å²) in [6.07, 6.45) is 1.97. The van der Waals surface area contributed by atoms with Crippen molar-refractivity contribution in [2.75, 3.05) is 26.3 Å². The molecule has 1 aliphatic rings. The van der Waals surface area contributed by atoms with Gasteiger partial charge in [-0.3, -0.25) is 0 Å². The molecule has 1 aromatic rings. The van der Waals surface area contributed by atoms with E-state index in [-0.39, 0.29) is 18.1 Å². The highest BCUT2D eigenvalue weighted by Gasteiger charge is 2.41. The molecule has 1 aliphatic carbocycles. The summed E-state index contributed by atoms with van der Waals surface area (Å²) in [5.41, 5.74) is -0.0577. The average molecular weight is 264 g/mol. The molecule has 0 bridgehead atoms. The Bertz CT molecular complexity index is 404. The Hall–Kier alpha value is -1.75. The van der Waals surface area contributed by atoms with Crippen molar-refractivity contribution < 1.29 is 14.6 Å². The molecule has 0 unspecified atom stereocenters. The van der Waals surface area contributed by atoms with E-state index in [1.807, 2.05) is 30.3 Å². The molecule has 0 heterocycles. The molecule has 0 spiro atoms. The average Bonchev–Trinajstić information content (AvgIpc) is 3.23. The number of benzene rings is 1. The van der Waals surface area contributed by atoms with Gasteiger partial charge in [0, 0.05) is 12.0 Å². The van der Waals surface area contributed by atoms with Crippen molar-refractivity contribution in [3.8, 4) is 5.75 Å². The van der Waals surface area contributed by atoms with Crippen molar-refractivity contribution in [3.63, 3.8) is 0 Å². The summed E-state index contributed by atoms with van der Waals surface area (Å²) in [5, 5.41) is 14.6. The van der Waals surface area contributed by atoms with Gasteiger partial charge in [-0.15, -0.1) is 0 Å². The molecule has 0 atom stereocenters. The molecule has 1 saturated carbocycles. The molecule has 3 N–H and O–H groups in total. The van der Waals surface area contributed by atoms with Gasteiger partial charge in [-0.05, 0) is 25.0 Å². The van der Waals surface area contributed by atoms with E-state index in [1.165, 1.54) is 0 Å². The first kappa shape index (κ1) is 13.7. The summed E-state index contributed by atoms with van der Waals surface area (Å²) in [6, 6.07) is 9.26. The highest BCUT2D eigenvalue weighted by atomic mass is 16.5. The predicted molar refractivity (Wildman–Crippen MR) is 72.1 cm³/mol. The number of aliphatic hydroxyl groups is 1. The molecule has 5 nitrogen and oxygen atoms in total. The highest BCUT2D eigenvalue weighted by molar-refractivity contribution is 5.73. The van der Waals surface area contributed by atoms with Gasteiger partial charge in [0.25, 0.3) is 0 Å². The van der Waals surface area contributed by atoms with Gasteiger partial charge in [0.1, 0.15) is 12.4 Å². The molecule has 104 valence electrons. The van der Waals surface area contributed by atoms with Gasteiger partial charge in [-0.2, -0.15) is 0 Å². The van der Waals surface area contributed by atoms with E-state index in [1.54, 1.807) is 0 Å². The Morgan fingerprint density at radius 1 is 1.26 bits per heavy atom. The van der Waals surface area contributed by atoms with E-state index in [4.69, 9.17) is 9.84 Å². The molecule has 2 rings (SSSR count). The lowest BCUT2D eigenvalue weighted by Crippen LogP contribution is -2.41. The van der Waals surface area contributed by atoms with Crippen LogP contribution in [0.2, 0.25) is 0 Å². The Balaban J connectivity index is 1.54. The summed E-state index contributed by atoms with van der Waals surface area (Å²) >= 11 is 0. The normalized spacial score (nSPS) is 15.6. The van der Waals surface area contributed by atoms with Crippen molar-refractivity contribution in [1.29, 1.82) is 0 Å². The second-order valence-electron chi connectivity index (χ2n) is 4.93. The molecule has 0 saturated heterocycles. The van der Waals surface area contributed by atoms with Crippen LogP contribution in [0.3, 0.4) is 0 Å². The molecular formula is C14H20N2O3. The van der Waals surface area contributed by atoms with Gasteiger partial charge in [0.2, 0.25) is 0 Å². The maximum atomic E-state index is 11.5. The predicted octanol–water partition coefficient (Wildman–Crippen LogP) is 1.14. The molecule has 0 radical (unpaired) electrons. The van der Waals surface area contributed by atoms with Crippen molar-refractivity contribution >= 4 is 6.03 Å². The first-order chi connectivity index (χ1) is 9.24. The van der Waals surface area contributed by atoms with Gasteiger partial charge >= 0.3 is 6.03 Å². The third kappa shape index (κ3) is 4.44. The van der Waals surface area contributed by atoms with Crippen molar-refractivity contribution in [3.05, 3.63) is 30.3 Å². The van der Waals surface area contributed by atoms with Crippen LogP contribution in [0.1, 0.15) is 12.8 Å². The van der Waals surface area contributed by atoms with E-state index in [9.17, 15) is 4.79 Å². The summed E-state index contributed by atoms with van der Waals surface area (Å²) < 4.78 is 5.45. The Morgan fingerprint density at radius 2 is 2.00 bits per heavy atom. The molecule has 1 fully saturated rings. The van der Waals surface area contributed by atoms with Crippen LogP contribution in [-0.4, -0.2) is 37.4 Å². The topological polar surface area (TPSA) is 70.6 Å². The zero-order valence-corrected chi connectivity index (χ0v) is 10.9. The van der Waals surface area contributed by atoms with Crippen LogP contribution in [0, 0.1) is 5.41 Å². The number of nitrogens with one attached hydrogen (secondary N) is 2. The number of amides is 2. The van der Waals surface area contributed by atoms with E-state index >= 15 is 0 Å². The van der Waals surface area contributed by atoms with Crippen LogP contribution >= 0.6 is 0 Å². The Kier molecular flexibility index (Phi) is 4.63. The van der Waals surface area contributed by atoms with E-state index in [0.717, 1.165) is 18.6 Å². The fourth-order valence-electron chi connectivity index (χ4n) is 1.75. The second-order valence-corrected chi connectivity index (χ2v) is 4.93. The molecule has 0 aliphatic heterocycles. The van der Waals surface area contributed by atoms with Gasteiger partial charge in [0.15, 0.2) is 0 Å². The van der Waals surface area contributed by atoms with Crippen LogP contribution in [0.5, 0.6) is 5.75 Å². The minimum Gasteiger partial charge on any atom is -0.492 e. The summed E-state index contributed by atoms with van der Waals surface area (Å²) in [5.74, 6) is 0.793. The largest absolute Gasteiger partial charge is 0.492 e. The molecule has 1 aromatic carbocycles. The zero-order valence-electron chi connectivity index (χ0n) is 10.9. The first-order valence-electron chi connectivity index (χ1n) is 6.55. The second kappa shape index (κ2) is 6.43. The van der Waals surface area contributed by atoms with Crippen LogP contribution < -0.4 is 15.4 Å². The molecular weight excluding hydrogens is 244 g/mol. The molecule has 19 heavy (non-hydrogen) atoms. The summed E-state index contributed by atoms with van der Waals surface area (Å²) in [7, 11) is 0. The number of hydrogen-bond donors (Lipinski definition) is 3. The SMILES string of the molecule is O=C(NCCOc1ccccc1)NCC1(CO)CC1. The summed E-state index contributed by atoms with van der Waals surface area (Å²) in [6.45, 7) is 1.56. The number of carbonyl (C=O) groups excluding carboxylic acids is 1. The number of hydrogen-bond acceptors (Lipinski definition) is 3. The van der Waals surface area contributed by atoms with Gasteiger partial charge in [0.05, 0.1) is 13.2 Å². The van der Waals surface area contributed by atoms with Crippen LogP contribution in [0.25, 0.3) is 0 Å². The molecule has 0 aromatic heterocycles. The van der Waals surface area contributed by atoms with Gasteiger partial charge in [-0.1, -0.05) is 18.2 Å². The quantitative estimate of drug-likeness (QED) is 0.647. The fraction of sp³-hybridized carbons (Fsp3) is 0.500. The van der Waals surface area contributed by atoms with Crippen LogP contribution in [0.4, 0.5) is 4.79 Å². The number of para-hydroxylation sites is 1.